The Hall–Kier alpha value is -1.41. The highest BCUT2D eigenvalue weighted by molar-refractivity contribution is 5.83. The van der Waals surface area contributed by atoms with Crippen LogP contribution in [0.15, 0.2) is 24.3 Å². The molecule has 0 saturated heterocycles. The van der Waals surface area contributed by atoms with Crippen LogP contribution in [-0.4, -0.2) is 16.7 Å². The Bertz CT molecular complexity index is 694. The van der Waals surface area contributed by atoms with E-state index >= 15 is 0 Å². The molecule has 2 heteroatoms. The van der Waals surface area contributed by atoms with Crippen LogP contribution < -0.4 is 0 Å². The van der Waals surface area contributed by atoms with Crippen molar-refractivity contribution >= 4 is 10.9 Å². The van der Waals surface area contributed by atoms with Gasteiger partial charge >= 0.3 is 0 Å². The number of hydrogen-bond donors (Lipinski definition) is 1. The largest absolute Gasteiger partial charge is 0.396 e. The van der Waals surface area contributed by atoms with E-state index in [2.05, 4.69) is 56.9 Å². The van der Waals surface area contributed by atoms with E-state index in [4.69, 9.17) is 0 Å². The number of benzene rings is 1. The zero-order chi connectivity index (χ0) is 17.9. The molecule has 1 heterocycles. The smallest absolute Gasteiger partial charge is 0.0708 e. The molecule has 3 rings (SSSR count). The van der Waals surface area contributed by atoms with E-state index in [-0.39, 0.29) is 5.41 Å². The maximum atomic E-state index is 9.74. The molecule has 0 radical (unpaired) electrons. The fraction of sp³-hybridized carbons (Fsp3) is 0.591. The lowest BCUT2D eigenvalue weighted by molar-refractivity contribution is 0.258. The van der Waals surface area contributed by atoms with Gasteiger partial charge in [0.2, 0.25) is 0 Å². The predicted molar refractivity (Wildman–Crippen MR) is 104 cm³/mol. The van der Waals surface area contributed by atoms with Crippen molar-refractivity contribution in [1.29, 1.82) is 0 Å². The van der Waals surface area contributed by atoms with E-state index in [9.17, 15) is 5.11 Å². The molecule has 1 saturated carbocycles. The molecule has 24 heavy (non-hydrogen) atoms. The van der Waals surface area contributed by atoms with Crippen LogP contribution in [0.1, 0.15) is 64.3 Å². The van der Waals surface area contributed by atoms with Gasteiger partial charge in [0.25, 0.3) is 0 Å². The molecule has 0 aliphatic heterocycles. The second-order valence-electron chi connectivity index (χ2n) is 6.88. The highest BCUT2D eigenvalue weighted by atomic mass is 16.3. The van der Waals surface area contributed by atoms with Gasteiger partial charge in [0, 0.05) is 23.1 Å². The maximum absolute atomic E-state index is 9.74. The lowest BCUT2D eigenvalue weighted by atomic mass is 9.86. The second-order valence-corrected chi connectivity index (χ2v) is 6.88. The van der Waals surface area contributed by atoms with Crippen molar-refractivity contribution < 1.29 is 5.11 Å². The molecule has 3 unspecified atom stereocenters. The van der Waals surface area contributed by atoms with Gasteiger partial charge in [0.15, 0.2) is 0 Å². The number of hydrogen-bond acceptors (Lipinski definition) is 2. The topological polar surface area (TPSA) is 33.1 Å². The molecule has 1 aliphatic rings. The normalized spacial score (nSPS) is 25.3. The summed E-state index contributed by atoms with van der Waals surface area (Å²) in [7, 11) is 0. The number of nitrogens with zero attached hydrogens (tertiary/aromatic N) is 1. The highest BCUT2D eigenvalue weighted by Gasteiger charge is 2.61. The molecule has 0 amide bonds. The lowest BCUT2D eigenvalue weighted by Gasteiger charge is -2.19. The Morgan fingerprint density at radius 3 is 2.42 bits per heavy atom. The number of aliphatic hydroxyl groups excluding tert-OH is 1. The zero-order valence-electron chi connectivity index (χ0n) is 16.2. The standard InChI is InChI=1S/C20H27NO.C2H6/c1-5-9-20(14(4)18(20)12-22)16-7-8-19-17(11-16)15(6-2)10-13(3)21-19;1-2/h7-8,10-11,14,18,22H,5-6,9,12H2,1-4H3;1-2H3. The molecule has 1 N–H and O–H groups in total. The summed E-state index contributed by atoms with van der Waals surface area (Å²) in [6.45, 7) is 13.1. The molecule has 132 valence electrons. The summed E-state index contributed by atoms with van der Waals surface area (Å²) < 4.78 is 0. The number of aryl methyl sites for hydroxylation is 2. The highest BCUT2D eigenvalue weighted by Crippen LogP contribution is 2.62. The van der Waals surface area contributed by atoms with Crippen LogP contribution in [0, 0.1) is 18.8 Å². The zero-order valence-corrected chi connectivity index (χ0v) is 16.2. The van der Waals surface area contributed by atoms with Crippen LogP contribution >= 0.6 is 0 Å². The molecule has 0 spiro atoms. The van der Waals surface area contributed by atoms with Crippen LogP contribution in [0.25, 0.3) is 10.9 Å². The Morgan fingerprint density at radius 1 is 1.17 bits per heavy atom. The summed E-state index contributed by atoms with van der Waals surface area (Å²) >= 11 is 0. The number of fused-ring (bicyclic) bond motifs is 1. The van der Waals surface area contributed by atoms with Crippen molar-refractivity contribution in [3.8, 4) is 0 Å². The van der Waals surface area contributed by atoms with E-state index in [0.717, 1.165) is 30.5 Å². The quantitative estimate of drug-likeness (QED) is 0.794. The molecule has 1 aromatic carbocycles. The molecule has 3 atom stereocenters. The van der Waals surface area contributed by atoms with Crippen LogP contribution in [0.2, 0.25) is 0 Å². The molecule has 1 aromatic heterocycles. The Morgan fingerprint density at radius 2 is 1.88 bits per heavy atom. The first kappa shape index (κ1) is 18.9. The van der Waals surface area contributed by atoms with Crippen LogP contribution in [0.4, 0.5) is 0 Å². The lowest BCUT2D eigenvalue weighted by Crippen LogP contribution is -2.13. The van der Waals surface area contributed by atoms with Gasteiger partial charge < -0.3 is 5.11 Å². The minimum Gasteiger partial charge on any atom is -0.396 e. The third kappa shape index (κ3) is 2.97. The van der Waals surface area contributed by atoms with E-state index in [1.54, 1.807) is 0 Å². The van der Waals surface area contributed by atoms with Crippen molar-refractivity contribution in [2.24, 2.45) is 11.8 Å². The van der Waals surface area contributed by atoms with E-state index < -0.39 is 0 Å². The first-order valence-corrected chi connectivity index (χ1v) is 9.60. The van der Waals surface area contributed by atoms with Crippen molar-refractivity contribution in [2.75, 3.05) is 6.61 Å². The second kappa shape index (κ2) is 7.65. The molecular weight excluding hydrogens is 294 g/mol. The van der Waals surface area contributed by atoms with Gasteiger partial charge in [-0.05, 0) is 60.9 Å². The van der Waals surface area contributed by atoms with E-state index in [1.807, 2.05) is 13.8 Å². The molecule has 1 aliphatic carbocycles. The van der Waals surface area contributed by atoms with Crippen molar-refractivity contribution in [3.63, 3.8) is 0 Å². The number of aromatic nitrogens is 1. The average molecular weight is 328 g/mol. The molecule has 2 aromatic rings. The molecule has 2 nitrogen and oxygen atoms in total. The average Bonchev–Trinajstić information content (AvgIpc) is 3.19. The van der Waals surface area contributed by atoms with Crippen molar-refractivity contribution in [2.45, 2.75) is 66.2 Å². The Kier molecular flexibility index (Phi) is 6.03. The molecule has 0 bridgehead atoms. The van der Waals surface area contributed by atoms with Gasteiger partial charge in [-0.1, -0.05) is 47.1 Å². The van der Waals surface area contributed by atoms with Crippen molar-refractivity contribution in [1.82, 2.24) is 4.98 Å². The van der Waals surface area contributed by atoms with Crippen LogP contribution in [0.3, 0.4) is 0 Å². The van der Waals surface area contributed by atoms with Crippen LogP contribution in [-0.2, 0) is 11.8 Å². The summed E-state index contributed by atoms with van der Waals surface area (Å²) in [4.78, 5) is 4.68. The fourth-order valence-electron chi connectivity index (χ4n) is 4.52. The monoisotopic (exact) mass is 327 g/mol. The third-order valence-corrected chi connectivity index (χ3v) is 5.77. The van der Waals surface area contributed by atoms with Gasteiger partial charge in [-0.15, -0.1) is 0 Å². The number of aliphatic hydroxyl groups is 1. The Balaban J connectivity index is 0.00000100. The van der Waals surface area contributed by atoms with Crippen LogP contribution in [0.5, 0.6) is 0 Å². The summed E-state index contributed by atoms with van der Waals surface area (Å²) in [5.41, 5.74) is 5.14. The number of rotatable bonds is 5. The summed E-state index contributed by atoms with van der Waals surface area (Å²) in [5.74, 6) is 0.978. The fourth-order valence-corrected chi connectivity index (χ4v) is 4.52. The summed E-state index contributed by atoms with van der Waals surface area (Å²) in [6, 6.07) is 8.98. The van der Waals surface area contributed by atoms with Gasteiger partial charge in [-0.3, -0.25) is 4.98 Å². The Labute approximate surface area is 147 Å². The first-order valence-electron chi connectivity index (χ1n) is 9.60. The molecular formula is C22H33NO. The van der Waals surface area contributed by atoms with Gasteiger partial charge in [-0.25, -0.2) is 0 Å². The van der Waals surface area contributed by atoms with Gasteiger partial charge in [0.05, 0.1) is 5.52 Å². The molecule has 1 fully saturated rings. The minimum absolute atomic E-state index is 0.174. The van der Waals surface area contributed by atoms with E-state index in [0.29, 0.717) is 18.4 Å². The van der Waals surface area contributed by atoms with Gasteiger partial charge in [-0.2, -0.15) is 0 Å². The van der Waals surface area contributed by atoms with E-state index in [1.165, 1.54) is 16.5 Å². The third-order valence-electron chi connectivity index (χ3n) is 5.77. The van der Waals surface area contributed by atoms with Crippen molar-refractivity contribution in [3.05, 3.63) is 41.1 Å². The van der Waals surface area contributed by atoms with Gasteiger partial charge in [0.1, 0.15) is 0 Å². The summed E-state index contributed by atoms with van der Waals surface area (Å²) in [5, 5.41) is 11.0. The maximum Gasteiger partial charge on any atom is 0.0708 e. The predicted octanol–water partition coefficient (Wildman–Crippen LogP) is 5.43. The first-order chi connectivity index (χ1) is 11.6. The number of pyridine rings is 1. The minimum atomic E-state index is 0.174. The summed E-state index contributed by atoms with van der Waals surface area (Å²) in [6.07, 6.45) is 3.35. The SMILES string of the molecule is CC.CCCC1(c2ccc3nc(C)cc(CC)c3c2)C(C)C1CO.